The molecule has 5 aliphatic carbocycles. The molecule has 6 rings (SSSR count). The van der Waals surface area contributed by atoms with Gasteiger partial charge in [-0.1, -0.05) is 96.4 Å². The molecule has 3 heteroatoms. The Bertz CT molecular complexity index is 1300. The van der Waals surface area contributed by atoms with Crippen LogP contribution < -0.4 is 0 Å². The van der Waals surface area contributed by atoms with Gasteiger partial charge in [0.05, 0.1) is 11.5 Å². The lowest BCUT2D eigenvalue weighted by Crippen LogP contribution is -2.65. The second-order valence-corrected chi connectivity index (χ2v) is 17.3. The summed E-state index contributed by atoms with van der Waals surface area (Å²) in [5.74, 6) is 4.29. The molecule has 8 atom stereocenters. The molecule has 0 radical (unpaired) electrons. The van der Waals surface area contributed by atoms with Crippen LogP contribution in [0.3, 0.4) is 0 Å². The van der Waals surface area contributed by atoms with E-state index in [0.29, 0.717) is 25.0 Å². The van der Waals surface area contributed by atoms with E-state index in [9.17, 15) is 4.79 Å². The molecule has 4 saturated carbocycles. The molecule has 0 spiro atoms. The summed E-state index contributed by atoms with van der Waals surface area (Å²) in [5.41, 5.74) is 3.21. The predicted octanol–water partition coefficient (Wildman–Crippen LogP) is 9.55. The molecular formula is C40H56O3. The summed E-state index contributed by atoms with van der Waals surface area (Å²) in [7, 11) is 0. The number of hydrogen-bond acceptors (Lipinski definition) is 3. The van der Waals surface area contributed by atoms with E-state index in [1.54, 1.807) is 5.57 Å². The lowest BCUT2D eigenvalue weighted by molar-refractivity contribution is -0.212. The van der Waals surface area contributed by atoms with Crippen molar-refractivity contribution in [1.29, 1.82) is 0 Å². The van der Waals surface area contributed by atoms with E-state index < -0.39 is 5.41 Å². The quantitative estimate of drug-likeness (QED) is 0.196. The number of fused-ring (bicyclic) bond motifs is 7. The third kappa shape index (κ3) is 4.59. The van der Waals surface area contributed by atoms with E-state index in [1.807, 2.05) is 18.2 Å². The Kier molecular flexibility index (Phi) is 7.56. The van der Waals surface area contributed by atoms with E-state index in [4.69, 9.17) is 15.9 Å². The van der Waals surface area contributed by atoms with Crippen molar-refractivity contribution in [2.75, 3.05) is 6.61 Å². The highest BCUT2D eigenvalue weighted by molar-refractivity contribution is 5.79. The number of carbonyl (C=O) groups excluding carboxylic acids is 1. The van der Waals surface area contributed by atoms with E-state index in [0.717, 1.165) is 50.5 Å². The molecule has 43 heavy (non-hydrogen) atoms. The fraction of sp³-hybridized carbons (Fsp3) is 0.725. The van der Waals surface area contributed by atoms with Crippen molar-refractivity contribution in [2.45, 2.75) is 125 Å². The van der Waals surface area contributed by atoms with Gasteiger partial charge in [-0.2, -0.15) is 0 Å². The molecule has 234 valence electrons. The maximum absolute atomic E-state index is 14.2. The molecule has 0 aromatic heterocycles. The zero-order valence-electron chi connectivity index (χ0n) is 28.1. The Morgan fingerprint density at radius 1 is 0.907 bits per heavy atom. The molecule has 4 fully saturated rings. The number of benzene rings is 1. The summed E-state index contributed by atoms with van der Waals surface area (Å²) in [6, 6.07) is 10.2. The van der Waals surface area contributed by atoms with Crippen molar-refractivity contribution in [1.82, 2.24) is 0 Å². The minimum atomic E-state index is -0.394. The number of rotatable bonds is 5. The normalized spacial score (nSPS) is 42.6. The third-order valence-corrected chi connectivity index (χ3v) is 14.6. The summed E-state index contributed by atoms with van der Waals surface area (Å²) in [6.07, 6.45) is 19.6. The second-order valence-electron chi connectivity index (χ2n) is 17.3. The lowest BCUT2D eigenvalue weighted by Gasteiger charge is -2.71. The monoisotopic (exact) mass is 584 g/mol. The first kappa shape index (κ1) is 31.0. The number of carbonyl (C=O) groups is 1. The van der Waals surface area contributed by atoms with E-state index in [-0.39, 0.29) is 45.1 Å². The van der Waals surface area contributed by atoms with Crippen LogP contribution in [0.2, 0.25) is 0 Å². The van der Waals surface area contributed by atoms with Gasteiger partial charge in [-0.25, -0.2) is 0 Å². The van der Waals surface area contributed by atoms with Gasteiger partial charge in [-0.05, 0) is 115 Å². The molecular weight excluding hydrogens is 528 g/mol. The Morgan fingerprint density at radius 2 is 1.63 bits per heavy atom. The molecule has 5 aliphatic rings. The van der Waals surface area contributed by atoms with Crippen LogP contribution in [0, 0.1) is 62.6 Å². The van der Waals surface area contributed by atoms with Gasteiger partial charge in [-0.15, -0.1) is 6.42 Å². The van der Waals surface area contributed by atoms with E-state index in [2.05, 4.69) is 72.6 Å². The Balaban J connectivity index is 1.33. The molecule has 0 N–H and O–H groups in total. The third-order valence-electron chi connectivity index (χ3n) is 14.6. The Morgan fingerprint density at radius 3 is 2.35 bits per heavy atom. The Hall–Kier alpha value is -2.05. The van der Waals surface area contributed by atoms with E-state index >= 15 is 0 Å². The van der Waals surface area contributed by atoms with Gasteiger partial charge in [0.15, 0.2) is 0 Å². The highest BCUT2D eigenvalue weighted by Gasteiger charge is 2.69. The maximum atomic E-state index is 14.2. The molecule has 0 saturated heterocycles. The SMILES string of the molecule is C#CCO[C@H]1CC[C@]2(C)[C@H]3CC=C4[C@@H]5CC(C)(C)CC[C@]5(C(=O)OCc5ccccc5)CC[C@@]4(C)[C@]3(C)CC[C@H]2C1(C)C. The van der Waals surface area contributed by atoms with Gasteiger partial charge in [0.2, 0.25) is 0 Å². The van der Waals surface area contributed by atoms with Crippen molar-refractivity contribution >= 4 is 5.97 Å². The minimum absolute atomic E-state index is 0.0507. The van der Waals surface area contributed by atoms with Crippen LogP contribution >= 0.6 is 0 Å². The molecule has 0 bridgehead atoms. The first-order valence-corrected chi connectivity index (χ1v) is 17.2. The fourth-order valence-corrected chi connectivity index (χ4v) is 11.9. The number of terminal acetylenes is 1. The smallest absolute Gasteiger partial charge is 0.313 e. The van der Waals surface area contributed by atoms with Gasteiger partial charge in [-0.3, -0.25) is 4.79 Å². The average molecular weight is 585 g/mol. The summed E-state index contributed by atoms with van der Waals surface area (Å²) < 4.78 is 12.5. The van der Waals surface area contributed by atoms with Crippen LogP contribution in [0.4, 0.5) is 0 Å². The van der Waals surface area contributed by atoms with Gasteiger partial charge in [0, 0.05) is 0 Å². The molecule has 0 heterocycles. The van der Waals surface area contributed by atoms with Crippen LogP contribution in [0.1, 0.15) is 118 Å². The second kappa shape index (κ2) is 10.5. The largest absolute Gasteiger partial charge is 0.460 e. The highest BCUT2D eigenvalue weighted by Crippen LogP contribution is 2.76. The molecule has 0 unspecified atom stereocenters. The van der Waals surface area contributed by atoms with Crippen LogP contribution in [0.25, 0.3) is 0 Å². The number of ether oxygens (including phenoxy) is 2. The fourth-order valence-electron chi connectivity index (χ4n) is 11.9. The number of allylic oxidation sites excluding steroid dienone is 2. The zero-order valence-corrected chi connectivity index (χ0v) is 28.1. The molecule has 1 aromatic rings. The number of hydrogen-bond donors (Lipinski definition) is 0. The lowest BCUT2D eigenvalue weighted by atomic mass is 9.33. The Labute approximate surface area is 262 Å². The van der Waals surface area contributed by atoms with Crippen LogP contribution in [0.15, 0.2) is 42.0 Å². The van der Waals surface area contributed by atoms with E-state index in [1.165, 1.54) is 19.3 Å². The van der Waals surface area contributed by atoms with Crippen molar-refractivity contribution in [3.05, 3.63) is 47.5 Å². The van der Waals surface area contributed by atoms with Gasteiger partial charge in [0.1, 0.15) is 13.2 Å². The van der Waals surface area contributed by atoms with Gasteiger partial charge in [0.25, 0.3) is 0 Å². The standard InChI is InChI=1S/C40H56O3/c1-9-25-42-33-18-19-37(6)31(36(33,4)5)17-20-39(8)32(37)16-15-29-30-26-35(2,3)21-23-40(30,24-22-38(29,39)7)34(41)43-27-28-13-11-10-12-14-28/h1,10-15,30-33H,16-27H2,2-8H3/t30-,31-,32+,33-,37-,38+,39+,40-/m0/s1. The zero-order chi connectivity index (χ0) is 30.9. The van der Waals surface area contributed by atoms with Gasteiger partial charge >= 0.3 is 5.97 Å². The van der Waals surface area contributed by atoms with Crippen LogP contribution in [0.5, 0.6) is 0 Å². The van der Waals surface area contributed by atoms with Crippen LogP contribution in [-0.2, 0) is 20.9 Å². The summed E-state index contributed by atoms with van der Waals surface area (Å²) >= 11 is 0. The highest BCUT2D eigenvalue weighted by atomic mass is 16.5. The first-order chi connectivity index (χ1) is 20.2. The van der Waals surface area contributed by atoms with Gasteiger partial charge < -0.3 is 9.47 Å². The summed E-state index contributed by atoms with van der Waals surface area (Å²) in [4.78, 5) is 14.2. The molecule has 0 amide bonds. The molecule has 3 nitrogen and oxygen atoms in total. The number of esters is 1. The summed E-state index contributed by atoms with van der Waals surface area (Å²) in [5, 5.41) is 0. The maximum Gasteiger partial charge on any atom is 0.313 e. The predicted molar refractivity (Wildman–Crippen MR) is 174 cm³/mol. The summed E-state index contributed by atoms with van der Waals surface area (Å²) in [6.45, 7) is 18.4. The van der Waals surface area contributed by atoms with Crippen LogP contribution in [-0.4, -0.2) is 18.7 Å². The van der Waals surface area contributed by atoms with Crippen molar-refractivity contribution in [3.63, 3.8) is 0 Å². The van der Waals surface area contributed by atoms with Crippen molar-refractivity contribution in [2.24, 2.45) is 50.2 Å². The first-order valence-electron chi connectivity index (χ1n) is 17.2. The molecule has 1 aromatic carbocycles. The topological polar surface area (TPSA) is 35.5 Å². The molecule has 0 aliphatic heterocycles. The average Bonchev–Trinajstić information content (AvgIpc) is 2.96. The minimum Gasteiger partial charge on any atom is -0.460 e. The van der Waals surface area contributed by atoms with Crippen molar-refractivity contribution in [3.8, 4) is 12.3 Å². The van der Waals surface area contributed by atoms with Crippen molar-refractivity contribution < 1.29 is 14.3 Å².